The molecule has 0 aromatic heterocycles. The number of aryl methyl sites for hydroxylation is 2. The Labute approximate surface area is 175 Å². The number of rotatable bonds is 5. The van der Waals surface area contributed by atoms with Gasteiger partial charge in [-0.3, -0.25) is 9.59 Å². The van der Waals surface area contributed by atoms with Crippen molar-refractivity contribution in [3.63, 3.8) is 0 Å². The van der Waals surface area contributed by atoms with Gasteiger partial charge < -0.3 is 10.2 Å². The van der Waals surface area contributed by atoms with E-state index >= 15 is 0 Å². The molecule has 2 amide bonds. The Morgan fingerprint density at radius 2 is 1.71 bits per heavy atom. The zero-order chi connectivity index (χ0) is 20.1. The second-order valence-electron chi connectivity index (χ2n) is 7.25. The number of benzene rings is 2. The van der Waals surface area contributed by atoms with Crippen LogP contribution in [0.4, 0.5) is 0 Å². The summed E-state index contributed by atoms with van der Waals surface area (Å²) in [7, 11) is 0. The Kier molecular flexibility index (Phi) is 6.97. The average Bonchev–Trinajstić information content (AvgIpc) is 2.70. The van der Waals surface area contributed by atoms with Crippen molar-refractivity contribution in [2.75, 3.05) is 13.1 Å². The third-order valence-electron chi connectivity index (χ3n) is 5.08. The summed E-state index contributed by atoms with van der Waals surface area (Å²) >= 11 is 11.9. The van der Waals surface area contributed by atoms with Gasteiger partial charge >= 0.3 is 0 Å². The van der Waals surface area contributed by atoms with E-state index in [2.05, 4.69) is 36.5 Å². The fourth-order valence-electron chi connectivity index (χ4n) is 3.35. The summed E-state index contributed by atoms with van der Waals surface area (Å²) in [4.78, 5) is 26.7. The number of carbonyl (C=O) groups excluding carboxylic acids is 2. The molecule has 0 bridgehead atoms. The zero-order valence-corrected chi connectivity index (χ0v) is 17.4. The van der Waals surface area contributed by atoms with Crippen molar-refractivity contribution in [3.05, 3.63) is 69.2 Å². The molecule has 0 unspecified atom stereocenters. The number of amides is 2. The van der Waals surface area contributed by atoms with E-state index in [1.165, 1.54) is 11.1 Å². The van der Waals surface area contributed by atoms with E-state index in [1.807, 2.05) is 0 Å². The van der Waals surface area contributed by atoms with Crippen LogP contribution < -0.4 is 5.32 Å². The molecule has 1 saturated heterocycles. The summed E-state index contributed by atoms with van der Waals surface area (Å²) < 4.78 is 0. The molecule has 2 aromatic carbocycles. The predicted octanol–water partition coefficient (Wildman–Crippen LogP) is 4.66. The Morgan fingerprint density at radius 1 is 1.04 bits per heavy atom. The molecule has 1 N–H and O–H groups in total. The van der Waals surface area contributed by atoms with Crippen LogP contribution >= 0.6 is 23.2 Å². The minimum atomic E-state index is -0.0530. The van der Waals surface area contributed by atoms with E-state index in [9.17, 15) is 9.59 Å². The van der Waals surface area contributed by atoms with Crippen molar-refractivity contribution in [2.24, 2.45) is 0 Å². The van der Waals surface area contributed by atoms with Gasteiger partial charge in [-0.2, -0.15) is 0 Å². The van der Waals surface area contributed by atoms with Crippen molar-refractivity contribution in [3.8, 4) is 0 Å². The number of hydrogen-bond donors (Lipinski definition) is 1. The third kappa shape index (κ3) is 5.49. The number of likely N-dealkylation sites (tertiary alicyclic amines) is 1. The summed E-state index contributed by atoms with van der Waals surface area (Å²) in [5.74, 6) is 0.0116. The second-order valence-corrected chi connectivity index (χ2v) is 8.06. The summed E-state index contributed by atoms with van der Waals surface area (Å²) in [6.45, 7) is 3.28. The van der Waals surface area contributed by atoms with Gasteiger partial charge in [0.15, 0.2) is 0 Å². The molecule has 0 aliphatic carbocycles. The molecule has 2 aromatic rings. The number of nitrogens with one attached hydrogen (secondary N) is 1. The van der Waals surface area contributed by atoms with Crippen LogP contribution in [0.1, 0.15) is 40.7 Å². The molecule has 0 atom stereocenters. The van der Waals surface area contributed by atoms with Gasteiger partial charge in [-0.1, -0.05) is 53.0 Å². The normalized spacial score (nSPS) is 14.8. The van der Waals surface area contributed by atoms with Gasteiger partial charge in [0.25, 0.3) is 5.91 Å². The van der Waals surface area contributed by atoms with E-state index in [1.54, 1.807) is 23.1 Å². The van der Waals surface area contributed by atoms with E-state index in [4.69, 9.17) is 23.2 Å². The van der Waals surface area contributed by atoms with Crippen molar-refractivity contribution in [1.82, 2.24) is 10.2 Å². The number of halogens is 2. The van der Waals surface area contributed by atoms with Crippen molar-refractivity contribution < 1.29 is 9.59 Å². The van der Waals surface area contributed by atoms with Gasteiger partial charge in [-0.25, -0.2) is 0 Å². The molecule has 1 fully saturated rings. The topological polar surface area (TPSA) is 49.4 Å². The zero-order valence-electron chi connectivity index (χ0n) is 15.9. The first-order chi connectivity index (χ1) is 13.4. The number of carbonyl (C=O) groups is 2. The third-order valence-corrected chi connectivity index (χ3v) is 5.81. The van der Waals surface area contributed by atoms with E-state index in [0.29, 0.717) is 35.1 Å². The quantitative estimate of drug-likeness (QED) is 0.767. The van der Waals surface area contributed by atoms with Crippen LogP contribution in [-0.2, 0) is 11.2 Å². The highest BCUT2D eigenvalue weighted by molar-refractivity contribution is 6.42. The van der Waals surface area contributed by atoms with E-state index < -0.39 is 0 Å². The Bertz CT molecular complexity index is 844. The largest absolute Gasteiger partial charge is 0.353 e. The Hall–Kier alpha value is -2.04. The highest BCUT2D eigenvalue weighted by Gasteiger charge is 2.24. The van der Waals surface area contributed by atoms with Gasteiger partial charge in [-0.15, -0.1) is 0 Å². The summed E-state index contributed by atoms with van der Waals surface area (Å²) in [5, 5.41) is 3.91. The molecule has 1 heterocycles. The molecular weight excluding hydrogens is 395 g/mol. The first kappa shape index (κ1) is 20.7. The molecule has 28 heavy (non-hydrogen) atoms. The lowest BCUT2D eigenvalue weighted by molar-refractivity contribution is -0.122. The van der Waals surface area contributed by atoms with Crippen LogP contribution in [0.5, 0.6) is 0 Å². The number of nitrogens with zero attached hydrogens (tertiary/aromatic N) is 1. The Morgan fingerprint density at radius 3 is 2.36 bits per heavy atom. The van der Waals surface area contributed by atoms with Crippen LogP contribution in [0.15, 0.2) is 42.5 Å². The molecule has 6 heteroatoms. The molecule has 4 nitrogen and oxygen atoms in total. The molecule has 1 aliphatic rings. The maximum atomic E-state index is 12.6. The van der Waals surface area contributed by atoms with Gasteiger partial charge in [0, 0.05) is 31.1 Å². The Balaban J connectivity index is 1.44. The fraction of sp³-hybridized carbons (Fsp3) is 0.364. The smallest absolute Gasteiger partial charge is 0.253 e. The molecule has 1 aliphatic heterocycles. The maximum Gasteiger partial charge on any atom is 0.253 e. The van der Waals surface area contributed by atoms with Gasteiger partial charge in [0.1, 0.15) is 0 Å². The average molecular weight is 419 g/mol. The van der Waals surface area contributed by atoms with Crippen molar-refractivity contribution in [1.29, 1.82) is 0 Å². The first-order valence-electron chi connectivity index (χ1n) is 9.51. The summed E-state index contributed by atoms with van der Waals surface area (Å²) in [6, 6.07) is 13.3. The summed E-state index contributed by atoms with van der Waals surface area (Å²) in [5.41, 5.74) is 2.92. The lowest BCUT2D eigenvalue weighted by Crippen LogP contribution is -2.46. The standard InChI is InChI=1S/C22H24Cl2N2O2/c1-15-2-4-16(5-3-15)6-9-21(27)25-18-10-12-26(13-11-18)22(28)17-7-8-19(23)20(24)14-17/h2-5,7-8,14,18H,6,9-13H2,1H3,(H,25,27). The van der Waals surface area contributed by atoms with Gasteiger partial charge in [0.05, 0.1) is 10.0 Å². The van der Waals surface area contributed by atoms with E-state index in [0.717, 1.165) is 19.3 Å². The lowest BCUT2D eigenvalue weighted by atomic mass is 10.0. The second kappa shape index (κ2) is 9.44. The minimum absolute atomic E-state index is 0.0530. The minimum Gasteiger partial charge on any atom is -0.353 e. The SMILES string of the molecule is Cc1ccc(CCC(=O)NC2CCN(C(=O)c3ccc(Cl)c(Cl)c3)CC2)cc1. The molecule has 148 valence electrons. The van der Waals surface area contributed by atoms with Crippen LogP contribution in [-0.4, -0.2) is 35.8 Å². The van der Waals surface area contributed by atoms with Crippen LogP contribution in [0.25, 0.3) is 0 Å². The van der Waals surface area contributed by atoms with Gasteiger partial charge in [0.2, 0.25) is 5.91 Å². The fourth-order valence-corrected chi connectivity index (χ4v) is 3.65. The van der Waals surface area contributed by atoms with Crippen LogP contribution in [0, 0.1) is 6.92 Å². The number of piperidine rings is 1. The van der Waals surface area contributed by atoms with Crippen LogP contribution in [0.3, 0.4) is 0 Å². The monoisotopic (exact) mass is 418 g/mol. The van der Waals surface area contributed by atoms with Crippen LogP contribution in [0.2, 0.25) is 10.0 Å². The van der Waals surface area contributed by atoms with Gasteiger partial charge in [-0.05, 0) is 49.9 Å². The molecule has 3 rings (SSSR count). The highest BCUT2D eigenvalue weighted by Crippen LogP contribution is 2.24. The first-order valence-corrected chi connectivity index (χ1v) is 10.3. The maximum absolute atomic E-state index is 12.6. The highest BCUT2D eigenvalue weighted by atomic mass is 35.5. The lowest BCUT2D eigenvalue weighted by Gasteiger charge is -2.32. The molecular formula is C22H24Cl2N2O2. The van der Waals surface area contributed by atoms with E-state index in [-0.39, 0.29) is 17.9 Å². The predicted molar refractivity (Wildman–Crippen MR) is 113 cm³/mol. The van der Waals surface area contributed by atoms with Crippen molar-refractivity contribution in [2.45, 2.75) is 38.6 Å². The molecule has 0 spiro atoms. The molecule has 0 saturated carbocycles. The van der Waals surface area contributed by atoms with Crippen molar-refractivity contribution >= 4 is 35.0 Å². The molecule has 0 radical (unpaired) electrons. The number of hydrogen-bond acceptors (Lipinski definition) is 2. The summed E-state index contributed by atoms with van der Waals surface area (Å²) in [6.07, 6.45) is 2.72.